The second-order valence-corrected chi connectivity index (χ2v) is 4.98. The summed E-state index contributed by atoms with van der Waals surface area (Å²) >= 11 is 0. The van der Waals surface area contributed by atoms with Gasteiger partial charge in [0.05, 0.1) is 19.8 Å². The zero-order valence-corrected chi connectivity index (χ0v) is 11.5. The summed E-state index contributed by atoms with van der Waals surface area (Å²) in [5.41, 5.74) is 0.920. The van der Waals surface area contributed by atoms with E-state index in [-0.39, 0.29) is 0 Å². The van der Waals surface area contributed by atoms with Gasteiger partial charge in [0.1, 0.15) is 0 Å². The predicted molar refractivity (Wildman–Crippen MR) is 68.9 cm³/mol. The van der Waals surface area contributed by atoms with E-state index >= 15 is 0 Å². The molecule has 0 aromatic heterocycles. The fourth-order valence-electron chi connectivity index (χ4n) is 2.05. The first-order valence-electron chi connectivity index (χ1n) is 5.80. The van der Waals surface area contributed by atoms with Gasteiger partial charge in [-0.1, -0.05) is 19.9 Å². The molecule has 3 nitrogen and oxygen atoms in total. The number of aliphatic hydroxyl groups is 1. The van der Waals surface area contributed by atoms with Crippen LogP contribution in [0.15, 0.2) is 12.1 Å². The number of methoxy groups -OCH3 is 2. The first-order chi connectivity index (χ1) is 7.82. The zero-order valence-electron chi connectivity index (χ0n) is 11.5. The van der Waals surface area contributed by atoms with Crippen molar-refractivity contribution in [3.63, 3.8) is 0 Å². The van der Waals surface area contributed by atoms with Crippen LogP contribution >= 0.6 is 0 Å². The van der Waals surface area contributed by atoms with Gasteiger partial charge in [-0.3, -0.25) is 0 Å². The van der Waals surface area contributed by atoms with E-state index in [1.165, 1.54) is 0 Å². The topological polar surface area (TPSA) is 38.7 Å². The molecule has 3 heteroatoms. The number of benzene rings is 1. The van der Waals surface area contributed by atoms with Crippen LogP contribution in [0.4, 0.5) is 0 Å². The minimum atomic E-state index is -0.959. The lowest BCUT2D eigenvalue weighted by Crippen LogP contribution is -2.20. The van der Waals surface area contributed by atoms with Gasteiger partial charge in [0.25, 0.3) is 0 Å². The molecule has 0 bridgehead atoms. The van der Waals surface area contributed by atoms with Crippen molar-refractivity contribution in [3.05, 3.63) is 23.3 Å². The maximum Gasteiger partial charge on any atom is 0.167 e. The molecule has 0 aliphatic carbocycles. The highest BCUT2D eigenvalue weighted by molar-refractivity contribution is 5.54. The first kappa shape index (κ1) is 13.8. The molecule has 0 fully saturated rings. The molecule has 0 spiro atoms. The lowest BCUT2D eigenvalue weighted by atomic mass is 9.87. The third kappa shape index (κ3) is 2.72. The van der Waals surface area contributed by atoms with Gasteiger partial charge in [0, 0.05) is 5.56 Å². The van der Waals surface area contributed by atoms with E-state index in [4.69, 9.17) is 9.47 Å². The Labute approximate surface area is 103 Å². The van der Waals surface area contributed by atoms with Gasteiger partial charge < -0.3 is 14.6 Å². The molecule has 17 heavy (non-hydrogen) atoms. The monoisotopic (exact) mass is 238 g/mol. The smallest absolute Gasteiger partial charge is 0.167 e. The molecule has 0 atom stereocenters. The minimum absolute atomic E-state index is 0.316. The van der Waals surface area contributed by atoms with E-state index in [9.17, 15) is 5.11 Å². The largest absolute Gasteiger partial charge is 0.493 e. The average molecular weight is 238 g/mol. The summed E-state index contributed by atoms with van der Waals surface area (Å²) in [7, 11) is 3.19. The maximum absolute atomic E-state index is 10.3. The lowest BCUT2D eigenvalue weighted by Gasteiger charge is -2.27. The molecule has 0 heterocycles. The minimum Gasteiger partial charge on any atom is -0.493 e. The van der Waals surface area contributed by atoms with Gasteiger partial charge in [0.15, 0.2) is 11.5 Å². The van der Waals surface area contributed by atoms with Crippen LogP contribution in [-0.2, 0) is 5.60 Å². The van der Waals surface area contributed by atoms with Crippen LogP contribution in [0, 0.1) is 0 Å². The molecule has 0 saturated carbocycles. The van der Waals surface area contributed by atoms with Crippen LogP contribution in [-0.4, -0.2) is 19.3 Å². The summed E-state index contributed by atoms with van der Waals surface area (Å²) in [5.74, 6) is 1.58. The average Bonchev–Trinajstić information content (AvgIpc) is 2.25. The van der Waals surface area contributed by atoms with Gasteiger partial charge in [-0.2, -0.15) is 0 Å². The van der Waals surface area contributed by atoms with Crippen LogP contribution in [0.1, 0.15) is 44.7 Å². The summed E-state index contributed by atoms with van der Waals surface area (Å²) in [5, 5.41) is 10.3. The molecule has 1 aromatic carbocycles. The van der Waals surface area contributed by atoms with Gasteiger partial charge in [0.2, 0.25) is 0 Å². The predicted octanol–water partition coefficient (Wildman–Crippen LogP) is 3.05. The summed E-state index contributed by atoms with van der Waals surface area (Å²) in [6.45, 7) is 7.71. The van der Waals surface area contributed by atoms with Gasteiger partial charge >= 0.3 is 0 Å². The SMILES string of the molecule is COc1ccc(C(C)C)c(C(C)(C)O)c1OC. The molecular formula is C14H22O3. The van der Waals surface area contributed by atoms with Crippen LogP contribution in [0.2, 0.25) is 0 Å². The molecule has 0 unspecified atom stereocenters. The third-order valence-corrected chi connectivity index (χ3v) is 2.81. The Bertz CT molecular complexity index is 389. The van der Waals surface area contributed by atoms with Gasteiger partial charge in [-0.15, -0.1) is 0 Å². The Kier molecular flexibility index (Phi) is 4.04. The molecule has 1 N–H and O–H groups in total. The number of rotatable bonds is 4. The normalized spacial score (nSPS) is 11.8. The van der Waals surface area contributed by atoms with Crippen molar-refractivity contribution in [3.8, 4) is 11.5 Å². The van der Waals surface area contributed by atoms with E-state index in [2.05, 4.69) is 13.8 Å². The summed E-state index contributed by atoms with van der Waals surface area (Å²) in [6, 6.07) is 3.86. The van der Waals surface area contributed by atoms with Crippen molar-refractivity contribution in [2.75, 3.05) is 14.2 Å². The summed E-state index contributed by atoms with van der Waals surface area (Å²) in [6.07, 6.45) is 0. The molecule has 1 aromatic rings. The molecule has 0 amide bonds. The zero-order chi connectivity index (χ0) is 13.2. The second kappa shape index (κ2) is 4.96. The first-order valence-corrected chi connectivity index (χ1v) is 5.80. The molecular weight excluding hydrogens is 216 g/mol. The Morgan fingerprint density at radius 3 is 2.06 bits per heavy atom. The van der Waals surface area contributed by atoms with Gasteiger partial charge in [-0.05, 0) is 31.4 Å². The molecule has 96 valence electrons. The van der Waals surface area contributed by atoms with Crippen LogP contribution < -0.4 is 9.47 Å². The highest BCUT2D eigenvalue weighted by Crippen LogP contribution is 2.42. The van der Waals surface area contributed by atoms with Crippen molar-refractivity contribution in [2.45, 2.75) is 39.2 Å². The number of ether oxygens (including phenoxy) is 2. The van der Waals surface area contributed by atoms with Crippen molar-refractivity contribution in [2.24, 2.45) is 0 Å². The third-order valence-electron chi connectivity index (χ3n) is 2.81. The highest BCUT2D eigenvalue weighted by atomic mass is 16.5. The summed E-state index contributed by atoms with van der Waals surface area (Å²) < 4.78 is 10.7. The lowest BCUT2D eigenvalue weighted by molar-refractivity contribution is 0.0738. The van der Waals surface area contributed by atoms with Crippen molar-refractivity contribution in [1.29, 1.82) is 0 Å². The summed E-state index contributed by atoms with van der Waals surface area (Å²) in [4.78, 5) is 0. The molecule has 0 aliphatic heterocycles. The van der Waals surface area contributed by atoms with Crippen molar-refractivity contribution < 1.29 is 14.6 Å². The van der Waals surface area contributed by atoms with Gasteiger partial charge in [-0.25, -0.2) is 0 Å². The Balaban J connectivity index is 3.56. The quantitative estimate of drug-likeness (QED) is 0.876. The fourth-order valence-corrected chi connectivity index (χ4v) is 2.05. The standard InChI is InChI=1S/C14H22O3/c1-9(2)10-7-8-11(16-5)13(17-6)12(10)14(3,4)15/h7-9,15H,1-6H3. The Morgan fingerprint density at radius 2 is 1.71 bits per heavy atom. The van der Waals surface area contributed by atoms with E-state index in [1.54, 1.807) is 28.1 Å². The fraction of sp³-hybridized carbons (Fsp3) is 0.571. The molecule has 1 rings (SSSR count). The molecule has 0 aliphatic rings. The van der Waals surface area contributed by atoms with E-state index in [0.29, 0.717) is 17.4 Å². The Morgan fingerprint density at radius 1 is 1.12 bits per heavy atom. The highest BCUT2D eigenvalue weighted by Gasteiger charge is 2.28. The molecule has 0 radical (unpaired) electrons. The molecule has 0 saturated heterocycles. The van der Waals surface area contributed by atoms with Crippen LogP contribution in [0.5, 0.6) is 11.5 Å². The second-order valence-electron chi connectivity index (χ2n) is 4.98. The van der Waals surface area contributed by atoms with Crippen molar-refractivity contribution in [1.82, 2.24) is 0 Å². The number of hydrogen-bond donors (Lipinski definition) is 1. The van der Waals surface area contributed by atoms with Crippen LogP contribution in [0.25, 0.3) is 0 Å². The number of hydrogen-bond acceptors (Lipinski definition) is 3. The van der Waals surface area contributed by atoms with Crippen LogP contribution in [0.3, 0.4) is 0 Å². The van der Waals surface area contributed by atoms with Crippen molar-refractivity contribution >= 4 is 0 Å². The van der Waals surface area contributed by atoms with E-state index in [0.717, 1.165) is 11.1 Å². The van der Waals surface area contributed by atoms with E-state index < -0.39 is 5.60 Å². The Hall–Kier alpha value is -1.22. The van der Waals surface area contributed by atoms with E-state index in [1.807, 2.05) is 12.1 Å². The maximum atomic E-state index is 10.3.